The van der Waals surface area contributed by atoms with E-state index in [2.05, 4.69) is 0 Å². The van der Waals surface area contributed by atoms with Crippen molar-refractivity contribution in [1.82, 2.24) is 4.90 Å². The largest absolute Gasteiger partial charge is 0.479 e. The van der Waals surface area contributed by atoms with Crippen molar-refractivity contribution in [3.05, 3.63) is 29.0 Å². The quantitative estimate of drug-likeness (QED) is 0.854. The van der Waals surface area contributed by atoms with E-state index in [1.165, 1.54) is 23.1 Å². The molecule has 0 bridgehead atoms. The lowest BCUT2D eigenvalue weighted by molar-refractivity contribution is -0.136. The molecule has 1 fully saturated rings. The topological polar surface area (TPSA) is 46.6 Å². The summed E-state index contributed by atoms with van der Waals surface area (Å²) in [4.78, 5) is 24.4. The predicted octanol–water partition coefficient (Wildman–Crippen LogP) is 2.05. The predicted molar refractivity (Wildman–Crippen MR) is 67.7 cm³/mol. The van der Waals surface area contributed by atoms with E-state index in [4.69, 9.17) is 16.3 Å². The monoisotopic (exact) mass is 285 g/mol. The molecule has 0 radical (unpaired) electrons. The van der Waals surface area contributed by atoms with Crippen molar-refractivity contribution in [2.24, 2.45) is 0 Å². The fourth-order valence-corrected chi connectivity index (χ4v) is 2.07. The minimum atomic E-state index is -0.603. The van der Waals surface area contributed by atoms with Gasteiger partial charge in [-0.2, -0.15) is 0 Å². The molecule has 1 aromatic rings. The lowest BCUT2D eigenvalue weighted by Crippen LogP contribution is -2.41. The van der Waals surface area contributed by atoms with Crippen LogP contribution in [0.2, 0.25) is 5.02 Å². The first kappa shape index (κ1) is 13.8. The number of likely N-dealkylation sites (tertiary alicyclic amines) is 1. The number of para-hydroxylation sites is 1. The third-order valence-electron chi connectivity index (χ3n) is 2.93. The van der Waals surface area contributed by atoms with Gasteiger partial charge in [0.05, 0.1) is 5.02 Å². The molecule has 1 aromatic carbocycles. The first-order chi connectivity index (χ1) is 9.08. The fraction of sp³-hybridized carbons (Fsp3) is 0.385. The second-order valence-corrected chi connectivity index (χ2v) is 4.67. The number of piperidine rings is 1. The van der Waals surface area contributed by atoms with Crippen molar-refractivity contribution in [3.8, 4) is 5.75 Å². The SMILES string of the molecule is O=C1CCN(C(=O)COc2c(F)cccc2Cl)CC1. The molecule has 0 N–H and O–H groups in total. The maximum absolute atomic E-state index is 13.4. The van der Waals surface area contributed by atoms with E-state index < -0.39 is 5.82 Å². The molecule has 0 aromatic heterocycles. The highest BCUT2D eigenvalue weighted by Gasteiger charge is 2.21. The third kappa shape index (κ3) is 3.44. The van der Waals surface area contributed by atoms with E-state index in [0.717, 1.165) is 0 Å². The molecule has 0 atom stereocenters. The summed E-state index contributed by atoms with van der Waals surface area (Å²) in [5.41, 5.74) is 0. The summed E-state index contributed by atoms with van der Waals surface area (Å²) in [5, 5.41) is 0.127. The number of benzene rings is 1. The van der Waals surface area contributed by atoms with Gasteiger partial charge >= 0.3 is 0 Å². The second-order valence-electron chi connectivity index (χ2n) is 4.26. The Morgan fingerprint density at radius 2 is 2.05 bits per heavy atom. The Balaban J connectivity index is 1.92. The second kappa shape index (κ2) is 6.02. The number of hydrogen-bond donors (Lipinski definition) is 0. The average molecular weight is 286 g/mol. The number of amides is 1. The molecule has 2 rings (SSSR count). The maximum atomic E-state index is 13.4. The highest BCUT2D eigenvalue weighted by atomic mass is 35.5. The molecule has 1 aliphatic rings. The molecule has 102 valence electrons. The van der Waals surface area contributed by atoms with Crippen LogP contribution >= 0.6 is 11.6 Å². The minimum absolute atomic E-state index is 0.120. The van der Waals surface area contributed by atoms with Crippen molar-refractivity contribution in [3.63, 3.8) is 0 Å². The average Bonchev–Trinajstić information content (AvgIpc) is 2.38. The number of carbonyl (C=O) groups excluding carboxylic acids is 2. The van der Waals surface area contributed by atoms with Gasteiger partial charge in [-0.3, -0.25) is 9.59 Å². The highest BCUT2D eigenvalue weighted by Crippen LogP contribution is 2.27. The van der Waals surface area contributed by atoms with E-state index in [9.17, 15) is 14.0 Å². The molecule has 4 nitrogen and oxygen atoms in total. The Labute approximate surface area is 115 Å². The molecule has 0 unspecified atom stereocenters. The number of halogens is 2. The van der Waals surface area contributed by atoms with Crippen molar-refractivity contribution < 1.29 is 18.7 Å². The van der Waals surface area contributed by atoms with Crippen LogP contribution in [0.5, 0.6) is 5.75 Å². The molecule has 1 saturated heterocycles. The summed E-state index contributed by atoms with van der Waals surface area (Å²) < 4.78 is 18.5. The van der Waals surface area contributed by atoms with Gasteiger partial charge in [0.2, 0.25) is 0 Å². The van der Waals surface area contributed by atoms with Crippen LogP contribution in [0.25, 0.3) is 0 Å². The van der Waals surface area contributed by atoms with Gasteiger partial charge in [-0.05, 0) is 12.1 Å². The summed E-state index contributed by atoms with van der Waals surface area (Å²) in [6.45, 7) is 0.507. The molecule has 1 amide bonds. The van der Waals surface area contributed by atoms with Crippen molar-refractivity contribution in [2.75, 3.05) is 19.7 Å². The molecule has 1 aliphatic heterocycles. The molecule has 0 saturated carbocycles. The van der Waals surface area contributed by atoms with Gasteiger partial charge in [-0.1, -0.05) is 17.7 Å². The van der Waals surface area contributed by atoms with Crippen LogP contribution in [0, 0.1) is 5.82 Å². The first-order valence-electron chi connectivity index (χ1n) is 5.94. The van der Waals surface area contributed by atoms with Crippen LogP contribution in [0.3, 0.4) is 0 Å². The van der Waals surface area contributed by atoms with E-state index in [1.807, 2.05) is 0 Å². The molecule has 0 spiro atoms. The number of ketones is 1. The van der Waals surface area contributed by atoms with Gasteiger partial charge in [-0.15, -0.1) is 0 Å². The number of hydrogen-bond acceptors (Lipinski definition) is 3. The van der Waals surface area contributed by atoms with Crippen LogP contribution in [-0.4, -0.2) is 36.3 Å². The van der Waals surface area contributed by atoms with Crippen LogP contribution < -0.4 is 4.74 Å². The number of nitrogens with zero attached hydrogens (tertiary/aromatic N) is 1. The van der Waals surface area contributed by atoms with Crippen molar-refractivity contribution in [1.29, 1.82) is 0 Å². The first-order valence-corrected chi connectivity index (χ1v) is 6.32. The minimum Gasteiger partial charge on any atom is -0.479 e. The van der Waals surface area contributed by atoms with E-state index >= 15 is 0 Å². The summed E-state index contributed by atoms with van der Waals surface area (Å²) in [7, 11) is 0. The molecule has 6 heteroatoms. The normalized spacial score (nSPS) is 15.5. The fourth-order valence-electron chi connectivity index (χ4n) is 1.85. The molecule has 0 aliphatic carbocycles. The van der Waals surface area contributed by atoms with E-state index in [1.54, 1.807) is 0 Å². The van der Waals surface area contributed by atoms with Gasteiger partial charge in [-0.25, -0.2) is 4.39 Å². The standard InChI is InChI=1S/C13H13ClFNO3/c14-10-2-1-3-11(15)13(10)19-8-12(18)16-6-4-9(17)5-7-16/h1-3H,4-8H2. The molecular weight excluding hydrogens is 273 g/mol. The smallest absolute Gasteiger partial charge is 0.260 e. The highest BCUT2D eigenvalue weighted by molar-refractivity contribution is 6.32. The van der Waals surface area contributed by atoms with Gasteiger partial charge in [0.15, 0.2) is 18.2 Å². The van der Waals surface area contributed by atoms with Crippen molar-refractivity contribution >= 4 is 23.3 Å². The van der Waals surface area contributed by atoms with Gasteiger partial charge in [0.1, 0.15) is 5.78 Å². The summed E-state index contributed by atoms with van der Waals surface area (Å²) in [6.07, 6.45) is 0.735. The van der Waals surface area contributed by atoms with Crippen LogP contribution in [0.1, 0.15) is 12.8 Å². The molecule has 1 heterocycles. The zero-order valence-corrected chi connectivity index (χ0v) is 11.0. The summed E-state index contributed by atoms with van der Waals surface area (Å²) in [5.74, 6) is -0.839. The lowest BCUT2D eigenvalue weighted by atomic mass is 10.1. The summed E-state index contributed by atoms with van der Waals surface area (Å²) in [6, 6.07) is 4.16. The van der Waals surface area contributed by atoms with Crippen LogP contribution in [0.15, 0.2) is 18.2 Å². The molecular formula is C13H13ClFNO3. The lowest BCUT2D eigenvalue weighted by Gasteiger charge is -2.26. The van der Waals surface area contributed by atoms with Gasteiger partial charge in [0.25, 0.3) is 5.91 Å². The number of Topliss-reactive ketones (excluding diaryl/α,β-unsaturated/α-hetero) is 1. The Morgan fingerprint density at radius 3 is 2.68 bits per heavy atom. The Bertz CT molecular complexity index is 476. The van der Waals surface area contributed by atoms with Crippen LogP contribution in [-0.2, 0) is 9.59 Å². The number of ether oxygens (including phenoxy) is 1. The van der Waals surface area contributed by atoms with Crippen molar-refractivity contribution in [2.45, 2.75) is 12.8 Å². The van der Waals surface area contributed by atoms with Gasteiger partial charge < -0.3 is 9.64 Å². The number of rotatable bonds is 3. The Kier molecular flexibility index (Phi) is 4.37. The Morgan fingerprint density at radius 1 is 1.37 bits per heavy atom. The third-order valence-corrected chi connectivity index (χ3v) is 3.23. The maximum Gasteiger partial charge on any atom is 0.260 e. The Hall–Kier alpha value is -1.62. The van der Waals surface area contributed by atoms with E-state index in [0.29, 0.717) is 25.9 Å². The zero-order valence-electron chi connectivity index (χ0n) is 10.2. The van der Waals surface area contributed by atoms with E-state index in [-0.39, 0.29) is 29.1 Å². The van der Waals surface area contributed by atoms with Gasteiger partial charge in [0, 0.05) is 25.9 Å². The molecule has 19 heavy (non-hydrogen) atoms. The summed E-state index contributed by atoms with van der Waals surface area (Å²) >= 11 is 5.78. The van der Waals surface area contributed by atoms with Crippen LogP contribution in [0.4, 0.5) is 4.39 Å². The zero-order chi connectivity index (χ0) is 13.8. The number of carbonyl (C=O) groups is 2.